The van der Waals surface area contributed by atoms with Gasteiger partial charge in [0.25, 0.3) is 0 Å². The van der Waals surface area contributed by atoms with Gasteiger partial charge in [0, 0.05) is 4.47 Å². The smallest absolute Gasteiger partial charge is 0.127 e. The number of benzene rings is 1. The van der Waals surface area contributed by atoms with Crippen molar-refractivity contribution in [1.82, 2.24) is 0 Å². The van der Waals surface area contributed by atoms with Crippen molar-refractivity contribution < 1.29 is 9.50 Å². The van der Waals surface area contributed by atoms with Crippen LogP contribution in [0.4, 0.5) is 4.39 Å². The Morgan fingerprint density at radius 3 is 2.64 bits per heavy atom. The van der Waals surface area contributed by atoms with E-state index in [9.17, 15) is 4.39 Å². The Bertz CT molecular complexity index is 250. The van der Waals surface area contributed by atoms with Gasteiger partial charge in [0.1, 0.15) is 5.82 Å². The Labute approximate surface area is 73.0 Å². The Kier molecular flexibility index (Phi) is 2.62. The molecule has 0 fully saturated rings. The molecule has 1 N–H and O–H groups in total. The lowest BCUT2D eigenvalue weighted by Crippen LogP contribution is -1.89. The van der Waals surface area contributed by atoms with Crippen LogP contribution in [-0.4, -0.2) is 5.11 Å². The van der Waals surface area contributed by atoms with Gasteiger partial charge < -0.3 is 5.11 Å². The highest BCUT2D eigenvalue weighted by molar-refractivity contribution is 9.10. The van der Waals surface area contributed by atoms with E-state index in [-0.39, 0.29) is 12.4 Å². The molecule has 0 heterocycles. The summed E-state index contributed by atoms with van der Waals surface area (Å²) in [6.45, 7) is 1.55. The summed E-state index contributed by atoms with van der Waals surface area (Å²) in [6, 6.07) is 3.04. The molecule has 1 nitrogen and oxygen atoms in total. The van der Waals surface area contributed by atoms with Crippen molar-refractivity contribution in [3.8, 4) is 0 Å². The van der Waals surface area contributed by atoms with E-state index < -0.39 is 0 Å². The van der Waals surface area contributed by atoms with E-state index in [1.54, 1.807) is 13.0 Å². The van der Waals surface area contributed by atoms with E-state index >= 15 is 0 Å². The normalized spacial score (nSPS) is 10.2. The van der Waals surface area contributed by atoms with Crippen LogP contribution in [0, 0.1) is 12.7 Å². The highest BCUT2D eigenvalue weighted by atomic mass is 79.9. The predicted molar refractivity (Wildman–Crippen MR) is 44.8 cm³/mol. The molecule has 3 heteroatoms. The SMILES string of the molecule is Cc1c(F)cc(CO)cc1Br. The lowest BCUT2D eigenvalue weighted by atomic mass is 10.1. The molecule has 1 aromatic carbocycles. The summed E-state index contributed by atoms with van der Waals surface area (Å²) >= 11 is 3.19. The third kappa shape index (κ3) is 1.79. The first-order chi connectivity index (χ1) is 5.15. The van der Waals surface area contributed by atoms with E-state index in [1.807, 2.05) is 0 Å². The molecule has 1 rings (SSSR count). The van der Waals surface area contributed by atoms with Crippen molar-refractivity contribution in [3.63, 3.8) is 0 Å². The van der Waals surface area contributed by atoms with Crippen molar-refractivity contribution in [1.29, 1.82) is 0 Å². The zero-order chi connectivity index (χ0) is 8.43. The zero-order valence-electron chi connectivity index (χ0n) is 6.06. The van der Waals surface area contributed by atoms with Gasteiger partial charge in [-0.3, -0.25) is 0 Å². The average molecular weight is 219 g/mol. The molecule has 0 amide bonds. The van der Waals surface area contributed by atoms with E-state index in [0.717, 1.165) is 0 Å². The Morgan fingerprint density at radius 2 is 2.18 bits per heavy atom. The molecule has 0 aliphatic heterocycles. The fourth-order valence-electron chi connectivity index (χ4n) is 0.789. The molecular formula is C8H8BrFO. The molecule has 0 atom stereocenters. The lowest BCUT2D eigenvalue weighted by molar-refractivity contribution is 0.281. The summed E-state index contributed by atoms with van der Waals surface area (Å²) < 4.78 is 13.6. The number of aliphatic hydroxyl groups is 1. The van der Waals surface area contributed by atoms with Gasteiger partial charge >= 0.3 is 0 Å². The summed E-state index contributed by atoms with van der Waals surface area (Å²) in [5, 5.41) is 8.69. The van der Waals surface area contributed by atoms with Crippen LogP contribution in [0.25, 0.3) is 0 Å². The molecule has 0 saturated carbocycles. The van der Waals surface area contributed by atoms with E-state index in [4.69, 9.17) is 5.11 Å². The Morgan fingerprint density at radius 1 is 1.55 bits per heavy atom. The van der Waals surface area contributed by atoms with Gasteiger partial charge in [-0.2, -0.15) is 0 Å². The maximum Gasteiger partial charge on any atom is 0.127 e. The van der Waals surface area contributed by atoms with Crippen molar-refractivity contribution in [2.45, 2.75) is 13.5 Å². The van der Waals surface area contributed by atoms with Gasteiger partial charge in [0.15, 0.2) is 0 Å². The fourth-order valence-corrected chi connectivity index (χ4v) is 1.27. The van der Waals surface area contributed by atoms with Gasteiger partial charge in [-0.05, 0) is 30.2 Å². The van der Waals surface area contributed by atoms with Crippen LogP contribution in [0.5, 0.6) is 0 Å². The topological polar surface area (TPSA) is 20.2 Å². The van der Waals surface area contributed by atoms with Crippen molar-refractivity contribution >= 4 is 15.9 Å². The molecule has 0 saturated heterocycles. The highest BCUT2D eigenvalue weighted by Crippen LogP contribution is 2.20. The predicted octanol–water partition coefficient (Wildman–Crippen LogP) is 2.39. The molecule has 1 aromatic rings. The monoisotopic (exact) mass is 218 g/mol. The number of aliphatic hydroxyl groups excluding tert-OH is 1. The van der Waals surface area contributed by atoms with Gasteiger partial charge in [-0.1, -0.05) is 15.9 Å². The molecule has 0 radical (unpaired) electrons. The van der Waals surface area contributed by atoms with Crippen LogP contribution < -0.4 is 0 Å². The molecular weight excluding hydrogens is 211 g/mol. The van der Waals surface area contributed by atoms with Crippen LogP contribution >= 0.6 is 15.9 Å². The number of hydrogen-bond acceptors (Lipinski definition) is 1. The summed E-state index contributed by atoms with van der Waals surface area (Å²) in [7, 11) is 0. The second-order valence-corrected chi connectivity index (χ2v) is 3.20. The van der Waals surface area contributed by atoms with Crippen LogP contribution in [0.2, 0.25) is 0 Å². The van der Waals surface area contributed by atoms with Crippen molar-refractivity contribution in [2.24, 2.45) is 0 Å². The van der Waals surface area contributed by atoms with E-state index in [1.165, 1.54) is 6.07 Å². The first-order valence-electron chi connectivity index (χ1n) is 3.20. The molecule has 0 aliphatic carbocycles. The third-order valence-electron chi connectivity index (χ3n) is 1.52. The van der Waals surface area contributed by atoms with Gasteiger partial charge in [-0.25, -0.2) is 4.39 Å². The van der Waals surface area contributed by atoms with Crippen LogP contribution in [0.15, 0.2) is 16.6 Å². The number of rotatable bonds is 1. The van der Waals surface area contributed by atoms with Crippen molar-refractivity contribution in [2.75, 3.05) is 0 Å². The molecule has 0 spiro atoms. The van der Waals surface area contributed by atoms with E-state index in [2.05, 4.69) is 15.9 Å². The highest BCUT2D eigenvalue weighted by Gasteiger charge is 2.03. The second-order valence-electron chi connectivity index (χ2n) is 2.34. The Hall–Kier alpha value is -0.410. The van der Waals surface area contributed by atoms with Gasteiger partial charge in [0.05, 0.1) is 6.61 Å². The standard InChI is InChI=1S/C8H8BrFO/c1-5-7(9)2-6(4-11)3-8(5)10/h2-3,11H,4H2,1H3. The van der Waals surface area contributed by atoms with E-state index in [0.29, 0.717) is 15.6 Å². The second kappa shape index (κ2) is 3.32. The molecule has 60 valence electrons. The fraction of sp³-hybridized carbons (Fsp3) is 0.250. The number of hydrogen-bond donors (Lipinski definition) is 1. The summed E-state index contributed by atoms with van der Waals surface area (Å²) in [4.78, 5) is 0. The largest absolute Gasteiger partial charge is 0.392 e. The average Bonchev–Trinajstić information content (AvgIpc) is 1.99. The molecule has 0 aromatic heterocycles. The minimum Gasteiger partial charge on any atom is -0.392 e. The summed E-state index contributed by atoms with van der Waals surface area (Å²) in [6.07, 6.45) is 0. The van der Waals surface area contributed by atoms with Crippen LogP contribution in [0.3, 0.4) is 0 Å². The maximum absolute atomic E-state index is 12.9. The lowest BCUT2D eigenvalue weighted by Gasteiger charge is -2.02. The minimum atomic E-state index is -0.288. The molecule has 0 aliphatic rings. The first kappa shape index (κ1) is 8.68. The van der Waals surface area contributed by atoms with Gasteiger partial charge in [0.2, 0.25) is 0 Å². The summed E-state index contributed by atoms with van der Waals surface area (Å²) in [5.74, 6) is -0.288. The van der Waals surface area contributed by atoms with Crippen LogP contribution in [0.1, 0.15) is 11.1 Å². The molecule has 11 heavy (non-hydrogen) atoms. The zero-order valence-corrected chi connectivity index (χ0v) is 7.65. The molecule has 0 bridgehead atoms. The minimum absolute atomic E-state index is 0.129. The first-order valence-corrected chi connectivity index (χ1v) is 4.00. The summed E-state index contributed by atoms with van der Waals surface area (Å²) in [5.41, 5.74) is 1.15. The van der Waals surface area contributed by atoms with Crippen molar-refractivity contribution in [3.05, 3.63) is 33.5 Å². The third-order valence-corrected chi connectivity index (χ3v) is 2.35. The number of halogens is 2. The maximum atomic E-state index is 12.9. The van der Waals surface area contributed by atoms with Gasteiger partial charge in [-0.15, -0.1) is 0 Å². The quantitative estimate of drug-likeness (QED) is 0.768. The molecule has 0 unspecified atom stereocenters. The Balaban J connectivity index is 3.21. The van der Waals surface area contributed by atoms with Crippen LogP contribution in [-0.2, 0) is 6.61 Å².